The Morgan fingerprint density at radius 1 is 1.53 bits per heavy atom. The molecular formula is C12H22N2O3. The van der Waals surface area contributed by atoms with Gasteiger partial charge in [0.25, 0.3) is 0 Å². The van der Waals surface area contributed by atoms with Gasteiger partial charge in [-0.2, -0.15) is 0 Å². The van der Waals surface area contributed by atoms with Crippen LogP contribution in [-0.2, 0) is 9.47 Å². The molecule has 0 spiro atoms. The van der Waals surface area contributed by atoms with Crippen LogP contribution in [-0.4, -0.2) is 47.4 Å². The number of carbonyl (C=O) groups excluding carboxylic acids is 1. The van der Waals surface area contributed by atoms with Gasteiger partial charge in [0.1, 0.15) is 11.2 Å². The quantitative estimate of drug-likeness (QED) is 0.748. The fourth-order valence-electron chi connectivity index (χ4n) is 2.66. The number of rotatable bonds is 1. The van der Waals surface area contributed by atoms with Crippen molar-refractivity contribution >= 4 is 6.09 Å². The number of fused-ring (bicyclic) bond motifs is 2. The van der Waals surface area contributed by atoms with E-state index in [1.165, 1.54) is 0 Å². The third-order valence-electron chi connectivity index (χ3n) is 3.48. The lowest BCUT2D eigenvalue weighted by molar-refractivity contribution is -0.0644. The molecule has 2 bridgehead atoms. The maximum Gasteiger partial charge on any atom is 0.410 e. The molecule has 0 aliphatic carbocycles. The van der Waals surface area contributed by atoms with E-state index in [4.69, 9.17) is 15.2 Å². The van der Waals surface area contributed by atoms with Crippen molar-refractivity contribution < 1.29 is 14.3 Å². The van der Waals surface area contributed by atoms with E-state index in [0.29, 0.717) is 19.7 Å². The van der Waals surface area contributed by atoms with Crippen LogP contribution >= 0.6 is 0 Å². The van der Waals surface area contributed by atoms with Gasteiger partial charge in [0, 0.05) is 13.0 Å². The van der Waals surface area contributed by atoms with Gasteiger partial charge in [0.2, 0.25) is 0 Å². The molecule has 2 aliphatic rings. The van der Waals surface area contributed by atoms with E-state index in [0.717, 1.165) is 6.42 Å². The minimum atomic E-state index is -0.466. The van der Waals surface area contributed by atoms with Gasteiger partial charge in [0.05, 0.1) is 18.7 Å². The molecule has 0 aromatic carbocycles. The second kappa shape index (κ2) is 3.59. The summed E-state index contributed by atoms with van der Waals surface area (Å²) in [7, 11) is 0. The average molecular weight is 242 g/mol. The molecule has 0 aromatic rings. The molecule has 2 heterocycles. The van der Waals surface area contributed by atoms with Gasteiger partial charge in [-0.3, -0.25) is 4.90 Å². The number of hydrogen-bond donors (Lipinski definition) is 1. The fourth-order valence-corrected chi connectivity index (χ4v) is 2.66. The largest absolute Gasteiger partial charge is 0.444 e. The van der Waals surface area contributed by atoms with E-state index in [-0.39, 0.29) is 17.2 Å². The number of nitrogens with two attached hydrogens (primary N) is 1. The van der Waals surface area contributed by atoms with Crippen LogP contribution in [0.3, 0.4) is 0 Å². The predicted molar refractivity (Wildman–Crippen MR) is 63.7 cm³/mol. The summed E-state index contributed by atoms with van der Waals surface area (Å²) >= 11 is 0. The maximum absolute atomic E-state index is 12.1. The molecule has 0 aromatic heterocycles. The smallest absolute Gasteiger partial charge is 0.410 e. The molecule has 1 amide bonds. The van der Waals surface area contributed by atoms with Crippen molar-refractivity contribution in [1.82, 2.24) is 4.90 Å². The van der Waals surface area contributed by atoms with Crippen molar-refractivity contribution in [2.75, 3.05) is 19.7 Å². The first-order chi connectivity index (χ1) is 7.70. The van der Waals surface area contributed by atoms with Crippen molar-refractivity contribution in [3.63, 3.8) is 0 Å². The Balaban J connectivity index is 2.12. The van der Waals surface area contributed by atoms with E-state index in [1.807, 2.05) is 27.7 Å². The van der Waals surface area contributed by atoms with Gasteiger partial charge in [-0.15, -0.1) is 0 Å². The predicted octanol–water partition coefficient (Wildman–Crippen LogP) is 1.11. The van der Waals surface area contributed by atoms with Gasteiger partial charge in [-0.25, -0.2) is 4.79 Å². The first kappa shape index (κ1) is 12.6. The van der Waals surface area contributed by atoms with Crippen LogP contribution in [0, 0.1) is 0 Å². The summed E-state index contributed by atoms with van der Waals surface area (Å²) in [5.74, 6) is 0. The highest BCUT2D eigenvalue weighted by Crippen LogP contribution is 2.45. The number of amides is 1. The fraction of sp³-hybridized carbons (Fsp3) is 0.917. The lowest BCUT2D eigenvalue weighted by atomic mass is 9.96. The number of nitrogens with zero attached hydrogens (tertiary/aromatic N) is 1. The number of likely N-dealkylation sites (tertiary alicyclic amines) is 1. The normalized spacial score (nSPS) is 36.4. The van der Waals surface area contributed by atoms with Gasteiger partial charge < -0.3 is 15.2 Å². The number of ether oxygens (including phenoxy) is 2. The monoisotopic (exact) mass is 242 g/mol. The molecule has 0 radical (unpaired) electrons. The zero-order valence-electron chi connectivity index (χ0n) is 11.1. The summed E-state index contributed by atoms with van der Waals surface area (Å²) in [6.45, 7) is 9.17. The first-order valence-corrected chi connectivity index (χ1v) is 6.04. The Morgan fingerprint density at radius 2 is 2.18 bits per heavy atom. The first-order valence-electron chi connectivity index (χ1n) is 6.04. The molecule has 17 heavy (non-hydrogen) atoms. The van der Waals surface area contributed by atoms with Crippen LogP contribution in [0.1, 0.15) is 34.1 Å². The SMILES string of the molecule is CC(C)(C)OC(=O)N1CC2(CN)CC1(C)CO2. The minimum Gasteiger partial charge on any atom is -0.444 e. The van der Waals surface area contributed by atoms with Crippen molar-refractivity contribution in [3.8, 4) is 0 Å². The van der Waals surface area contributed by atoms with Crippen LogP contribution < -0.4 is 5.73 Å². The molecule has 0 saturated carbocycles. The highest BCUT2D eigenvalue weighted by molar-refractivity contribution is 5.70. The Morgan fingerprint density at radius 3 is 2.65 bits per heavy atom. The zero-order valence-corrected chi connectivity index (χ0v) is 11.1. The summed E-state index contributed by atoms with van der Waals surface area (Å²) in [6.07, 6.45) is 0.536. The zero-order chi connectivity index (χ0) is 12.9. The van der Waals surface area contributed by atoms with Crippen LogP contribution in [0.4, 0.5) is 4.79 Å². The lowest BCUT2D eigenvalue weighted by Crippen LogP contribution is -2.54. The molecule has 2 fully saturated rings. The Bertz CT molecular complexity index is 339. The summed E-state index contributed by atoms with van der Waals surface area (Å²) in [6, 6.07) is 0. The second-order valence-corrected chi connectivity index (χ2v) is 6.42. The Kier molecular flexibility index (Phi) is 2.67. The summed E-state index contributed by atoms with van der Waals surface area (Å²) in [5.41, 5.74) is 4.67. The second-order valence-electron chi connectivity index (χ2n) is 6.42. The molecule has 2 atom stereocenters. The molecular weight excluding hydrogens is 220 g/mol. The molecule has 2 aliphatic heterocycles. The van der Waals surface area contributed by atoms with Crippen molar-refractivity contribution in [2.24, 2.45) is 5.73 Å². The lowest BCUT2D eigenvalue weighted by Gasteiger charge is -2.38. The van der Waals surface area contributed by atoms with Crippen LogP contribution in [0.5, 0.6) is 0 Å². The molecule has 2 N–H and O–H groups in total. The number of morpholine rings is 1. The third-order valence-corrected chi connectivity index (χ3v) is 3.48. The molecule has 5 heteroatoms. The van der Waals surface area contributed by atoms with E-state index < -0.39 is 5.60 Å². The molecule has 98 valence electrons. The van der Waals surface area contributed by atoms with E-state index in [2.05, 4.69) is 0 Å². The third kappa shape index (κ3) is 2.13. The summed E-state index contributed by atoms with van der Waals surface area (Å²) in [4.78, 5) is 13.9. The van der Waals surface area contributed by atoms with Crippen LogP contribution in [0.25, 0.3) is 0 Å². The standard InChI is InChI=1S/C12H22N2O3/c1-10(2,3)17-9(15)14-7-12(6-13)5-11(14,4)8-16-12/h5-8,13H2,1-4H3. The number of carbonyl (C=O) groups is 1. The molecule has 2 saturated heterocycles. The molecule has 2 unspecified atom stereocenters. The van der Waals surface area contributed by atoms with Crippen LogP contribution in [0.15, 0.2) is 0 Å². The maximum atomic E-state index is 12.1. The average Bonchev–Trinajstić information content (AvgIpc) is 2.66. The Hall–Kier alpha value is -0.810. The summed E-state index contributed by atoms with van der Waals surface area (Å²) in [5, 5.41) is 0. The van der Waals surface area contributed by atoms with Gasteiger partial charge in [-0.1, -0.05) is 0 Å². The van der Waals surface area contributed by atoms with E-state index in [1.54, 1.807) is 4.90 Å². The van der Waals surface area contributed by atoms with Crippen molar-refractivity contribution in [2.45, 2.75) is 50.9 Å². The minimum absolute atomic E-state index is 0.262. The van der Waals surface area contributed by atoms with Crippen LogP contribution in [0.2, 0.25) is 0 Å². The topological polar surface area (TPSA) is 64.8 Å². The van der Waals surface area contributed by atoms with E-state index in [9.17, 15) is 4.79 Å². The van der Waals surface area contributed by atoms with Crippen molar-refractivity contribution in [1.29, 1.82) is 0 Å². The van der Waals surface area contributed by atoms with Gasteiger partial charge in [0.15, 0.2) is 0 Å². The van der Waals surface area contributed by atoms with E-state index >= 15 is 0 Å². The molecule has 2 rings (SSSR count). The highest BCUT2D eigenvalue weighted by Gasteiger charge is 2.59. The van der Waals surface area contributed by atoms with Crippen molar-refractivity contribution in [3.05, 3.63) is 0 Å². The van der Waals surface area contributed by atoms with Gasteiger partial charge >= 0.3 is 6.09 Å². The van der Waals surface area contributed by atoms with Gasteiger partial charge in [-0.05, 0) is 27.7 Å². The highest BCUT2D eigenvalue weighted by atomic mass is 16.6. The summed E-state index contributed by atoms with van der Waals surface area (Å²) < 4.78 is 11.1. The molecule has 5 nitrogen and oxygen atoms in total. The Labute approximate surface area is 102 Å². The number of hydrogen-bond acceptors (Lipinski definition) is 4.